The Morgan fingerprint density at radius 3 is 2.59 bits per heavy atom. The smallest absolute Gasteiger partial charge is 0.352 e. The first-order chi connectivity index (χ1) is 15.1. The lowest BCUT2D eigenvalue weighted by Crippen LogP contribution is -2.35. The zero-order valence-electron chi connectivity index (χ0n) is 17.0. The molecule has 0 bridgehead atoms. The van der Waals surface area contributed by atoms with Crippen LogP contribution in [0, 0.1) is 0 Å². The average Bonchev–Trinajstić information content (AvgIpc) is 3.12. The van der Waals surface area contributed by atoms with E-state index in [1.54, 1.807) is 17.0 Å². The third-order valence-corrected chi connectivity index (χ3v) is 5.70. The second kappa shape index (κ2) is 9.60. The van der Waals surface area contributed by atoms with Crippen LogP contribution in [0.5, 0.6) is 0 Å². The van der Waals surface area contributed by atoms with Crippen molar-refractivity contribution in [2.45, 2.75) is 13.5 Å². The molecule has 0 atom stereocenters. The van der Waals surface area contributed by atoms with Crippen LogP contribution < -0.4 is 11.1 Å². The van der Waals surface area contributed by atoms with Crippen molar-refractivity contribution >= 4 is 74.6 Å². The monoisotopic (exact) mass is 490 g/mol. The summed E-state index contributed by atoms with van der Waals surface area (Å²) in [5, 5.41) is 13.6. The summed E-state index contributed by atoms with van der Waals surface area (Å²) in [5.74, 6) is -1.84. The number of anilines is 1. The van der Waals surface area contributed by atoms with Crippen LogP contribution in [-0.2, 0) is 11.3 Å². The van der Waals surface area contributed by atoms with Crippen molar-refractivity contribution in [3.05, 3.63) is 69.8 Å². The number of carbonyl (C=O) groups is 2. The fraction of sp³-hybridized carbons (Fsp3) is 0.136. The number of hydrogen-bond acceptors (Lipinski definition) is 3. The maximum absolute atomic E-state index is 13.1. The number of nitrogens with one attached hydrogen (secondary N) is 2. The normalized spacial score (nSPS) is 10.7. The number of thiocarbonyl (C=S) groups is 1. The van der Waals surface area contributed by atoms with Gasteiger partial charge in [0.05, 0.1) is 5.02 Å². The van der Waals surface area contributed by atoms with Gasteiger partial charge in [0.25, 0.3) is 5.91 Å². The first kappa shape index (κ1) is 23.6. The second-order valence-corrected chi connectivity index (χ2v) is 8.19. The highest BCUT2D eigenvalue weighted by atomic mass is 35.5. The molecule has 5 N–H and O–H groups in total. The quantitative estimate of drug-likeness (QED) is 0.277. The van der Waals surface area contributed by atoms with Crippen LogP contribution in [0.25, 0.3) is 16.5 Å². The Hall–Kier alpha value is -3.07. The molecule has 0 aliphatic rings. The fourth-order valence-electron chi connectivity index (χ4n) is 3.35. The fourth-order valence-corrected chi connectivity index (χ4v) is 4.13. The molecule has 166 valence electrons. The number of hydrogen-bond donors (Lipinski definition) is 4. The third kappa shape index (κ3) is 4.72. The van der Waals surface area contributed by atoms with Gasteiger partial charge in [0.2, 0.25) is 0 Å². The molecule has 1 amide bonds. The minimum atomic E-state index is -1.26. The summed E-state index contributed by atoms with van der Waals surface area (Å²) in [4.78, 5) is 29.5. The number of halogens is 2. The average molecular weight is 491 g/mol. The molecule has 3 aromatic rings. The molecule has 0 aliphatic carbocycles. The van der Waals surface area contributed by atoms with Gasteiger partial charge >= 0.3 is 5.97 Å². The molecule has 1 heterocycles. The highest BCUT2D eigenvalue weighted by Crippen LogP contribution is 2.36. The summed E-state index contributed by atoms with van der Waals surface area (Å²) in [7, 11) is 0. The van der Waals surface area contributed by atoms with Crippen LogP contribution in [0.15, 0.2) is 43.0 Å². The van der Waals surface area contributed by atoms with Gasteiger partial charge in [-0.25, -0.2) is 4.79 Å². The Bertz CT molecular complexity index is 1260. The van der Waals surface area contributed by atoms with Crippen LogP contribution in [0.2, 0.25) is 10.0 Å². The topological polar surface area (TPSA) is 111 Å². The lowest BCUT2D eigenvalue weighted by Gasteiger charge is -2.22. The SMILES string of the molecule is C=C(C(=O)Nc1ccccc1CN(CC)C(N)=S)c1c(C(=O)O)[nH]c2cc(Cl)cc(Cl)c12. The Morgan fingerprint density at radius 2 is 1.97 bits per heavy atom. The van der Waals surface area contributed by atoms with Gasteiger partial charge in [0.1, 0.15) is 5.69 Å². The van der Waals surface area contributed by atoms with Gasteiger partial charge in [0, 0.05) is 45.8 Å². The number of fused-ring (bicyclic) bond motifs is 1. The Balaban J connectivity index is 1.99. The Labute approximate surface area is 199 Å². The van der Waals surface area contributed by atoms with E-state index in [9.17, 15) is 14.7 Å². The molecular weight excluding hydrogens is 471 g/mol. The lowest BCUT2D eigenvalue weighted by molar-refractivity contribution is -0.111. The number of carbonyl (C=O) groups excluding carboxylic acids is 1. The first-order valence-electron chi connectivity index (χ1n) is 9.50. The molecule has 32 heavy (non-hydrogen) atoms. The van der Waals surface area contributed by atoms with Crippen LogP contribution in [0.4, 0.5) is 5.69 Å². The van der Waals surface area contributed by atoms with Gasteiger partial charge in [-0.3, -0.25) is 4.79 Å². The zero-order chi connectivity index (χ0) is 23.6. The Kier molecular flexibility index (Phi) is 7.08. The van der Waals surface area contributed by atoms with Crippen molar-refractivity contribution in [2.75, 3.05) is 11.9 Å². The summed E-state index contributed by atoms with van der Waals surface area (Å²) < 4.78 is 0. The van der Waals surface area contributed by atoms with E-state index in [0.717, 1.165) is 5.56 Å². The summed E-state index contributed by atoms with van der Waals surface area (Å²) in [6, 6.07) is 10.2. The summed E-state index contributed by atoms with van der Waals surface area (Å²) >= 11 is 17.4. The number of carboxylic acids is 1. The number of nitrogens with zero attached hydrogens (tertiary/aromatic N) is 1. The highest BCUT2D eigenvalue weighted by Gasteiger charge is 2.25. The highest BCUT2D eigenvalue weighted by molar-refractivity contribution is 7.80. The molecule has 3 rings (SSSR count). The van der Waals surface area contributed by atoms with Crippen LogP contribution in [-0.4, -0.2) is 38.5 Å². The molecule has 7 nitrogen and oxygen atoms in total. The maximum Gasteiger partial charge on any atom is 0.352 e. The number of nitrogens with two attached hydrogens (primary N) is 1. The summed E-state index contributed by atoms with van der Waals surface area (Å²) in [6.45, 7) is 6.76. The number of aromatic carboxylic acids is 1. The van der Waals surface area contributed by atoms with Crippen molar-refractivity contribution in [3.8, 4) is 0 Å². The van der Waals surface area contributed by atoms with E-state index in [2.05, 4.69) is 16.9 Å². The number of aromatic nitrogens is 1. The van der Waals surface area contributed by atoms with Crippen LogP contribution >= 0.6 is 35.4 Å². The van der Waals surface area contributed by atoms with Gasteiger partial charge in [-0.2, -0.15) is 0 Å². The number of amides is 1. The molecule has 0 spiro atoms. The second-order valence-electron chi connectivity index (χ2n) is 6.93. The van der Waals surface area contributed by atoms with Gasteiger partial charge in [-0.1, -0.05) is 48.0 Å². The van der Waals surface area contributed by atoms with Crippen molar-refractivity contribution in [2.24, 2.45) is 5.73 Å². The molecule has 0 radical (unpaired) electrons. The molecule has 0 fully saturated rings. The summed E-state index contributed by atoms with van der Waals surface area (Å²) in [6.07, 6.45) is 0. The number of aromatic amines is 1. The first-order valence-corrected chi connectivity index (χ1v) is 10.7. The van der Waals surface area contributed by atoms with Gasteiger partial charge in [-0.05, 0) is 42.9 Å². The molecule has 10 heteroatoms. The van der Waals surface area contributed by atoms with Crippen molar-refractivity contribution in [1.29, 1.82) is 0 Å². The molecule has 0 aliphatic heterocycles. The van der Waals surface area contributed by atoms with Crippen molar-refractivity contribution in [1.82, 2.24) is 9.88 Å². The van der Waals surface area contributed by atoms with Crippen LogP contribution in [0.1, 0.15) is 28.5 Å². The lowest BCUT2D eigenvalue weighted by atomic mass is 10.0. The number of carboxylic acid groups (broad SMARTS) is 1. The zero-order valence-corrected chi connectivity index (χ0v) is 19.4. The van der Waals surface area contributed by atoms with E-state index < -0.39 is 11.9 Å². The van der Waals surface area contributed by atoms with Crippen LogP contribution in [0.3, 0.4) is 0 Å². The Morgan fingerprint density at radius 1 is 1.28 bits per heavy atom. The maximum atomic E-state index is 13.1. The van der Waals surface area contributed by atoms with Crippen molar-refractivity contribution < 1.29 is 14.7 Å². The number of H-pyrrole nitrogens is 1. The largest absolute Gasteiger partial charge is 0.477 e. The number of benzene rings is 2. The van der Waals surface area contributed by atoms with Gasteiger partial charge in [-0.15, -0.1) is 0 Å². The van der Waals surface area contributed by atoms with E-state index in [-0.39, 0.29) is 27.0 Å². The predicted octanol–water partition coefficient (Wildman–Crippen LogP) is 4.89. The van der Waals surface area contributed by atoms with Crippen molar-refractivity contribution in [3.63, 3.8) is 0 Å². The van der Waals surface area contributed by atoms with E-state index >= 15 is 0 Å². The molecule has 2 aromatic carbocycles. The molecule has 0 saturated carbocycles. The van der Waals surface area contributed by atoms with E-state index in [1.165, 1.54) is 12.1 Å². The number of rotatable bonds is 7. The van der Waals surface area contributed by atoms with E-state index in [0.29, 0.717) is 34.7 Å². The van der Waals surface area contributed by atoms with Gasteiger partial charge in [0.15, 0.2) is 5.11 Å². The minimum Gasteiger partial charge on any atom is -0.477 e. The molecule has 1 aromatic heterocycles. The standard InChI is InChI=1S/C22H20Cl2N4O3S/c1-3-28(22(25)32)10-12-6-4-5-7-15(12)27-20(29)11(2)17-18-14(24)8-13(23)9-16(18)26-19(17)21(30)31/h4-9,26H,2-3,10H2,1H3,(H2,25,32)(H,27,29)(H,30,31). The molecule has 0 unspecified atom stereocenters. The molecule has 0 saturated heterocycles. The summed E-state index contributed by atoms with van der Waals surface area (Å²) in [5.41, 5.74) is 7.29. The predicted molar refractivity (Wildman–Crippen MR) is 132 cm³/mol. The van der Waals surface area contributed by atoms with Gasteiger partial charge < -0.3 is 26.0 Å². The minimum absolute atomic E-state index is 0.0608. The van der Waals surface area contributed by atoms with E-state index in [4.69, 9.17) is 41.2 Å². The molecular formula is C22H20Cl2N4O3S. The number of para-hydroxylation sites is 1. The third-order valence-electron chi connectivity index (χ3n) is 4.92. The van der Waals surface area contributed by atoms with E-state index in [1.807, 2.05) is 19.1 Å².